The molecule has 1 aliphatic heterocycles. The van der Waals surface area contributed by atoms with Crippen LogP contribution in [0.15, 0.2) is 41.3 Å². The predicted octanol–water partition coefficient (Wildman–Crippen LogP) is 4.18. The minimum atomic E-state index is -4.95. The van der Waals surface area contributed by atoms with E-state index in [9.17, 15) is 21.6 Å². The molecule has 0 saturated carbocycles. The number of hydrogen-bond donors (Lipinski definition) is 2. The van der Waals surface area contributed by atoms with E-state index in [1.165, 1.54) is 18.9 Å². The summed E-state index contributed by atoms with van der Waals surface area (Å²) in [5, 5.41) is 18.3. The molecular weight excluding hydrogens is 481 g/mol. The molecule has 8 nitrogen and oxygen atoms in total. The average molecular weight is 509 g/mol. The van der Waals surface area contributed by atoms with Crippen molar-refractivity contribution in [1.82, 2.24) is 25.5 Å². The number of sulfonamides is 1. The Balaban J connectivity index is 1.72. The number of hydrogen-bond acceptors (Lipinski definition) is 6. The molecule has 0 atom stereocenters. The summed E-state index contributed by atoms with van der Waals surface area (Å²) in [7, 11) is -4.79. The number of H-pyrrole nitrogens is 1. The highest BCUT2D eigenvalue weighted by Gasteiger charge is 2.39. The van der Waals surface area contributed by atoms with Crippen molar-refractivity contribution in [3.05, 3.63) is 47.5 Å². The molecule has 2 aromatic carbocycles. The van der Waals surface area contributed by atoms with Crippen LogP contribution in [-0.4, -0.2) is 53.6 Å². The fourth-order valence-corrected chi connectivity index (χ4v) is 5.61. The SMILES string of the molecule is CCCCN1CCC(c2ccc(-c3ccc(C(F)(F)F)c(S(N)(=O)=O)c3-c3nn[nH]n3)cc2)CC1. The number of alkyl halides is 3. The van der Waals surface area contributed by atoms with Gasteiger partial charge in [-0.3, -0.25) is 0 Å². The molecule has 1 fully saturated rings. The van der Waals surface area contributed by atoms with Gasteiger partial charge in [-0.2, -0.15) is 18.4 Å². The molecule has 2 heterocycles. The van der Waals surface area contributed by atoms with Gasteiger partial charge in [0.1, 0.15) is 4.90 Å². The number of tetrazole rings is 1. The Kier molecular flexibility index (Phi) is 7.25. The second kappa shape index (κ2) is 10.0. The molecule has 4 rings (SSSR count). The average Bonchev–Trinajstić information content (AvgIpc) is 3.36. The summed E-state index contributed by atoms with van der Waals surface area (Å²) in [5.74, 6) is 0.102. The molecule has 0 spiro atoms. The minimum absolute atomic E-state index is 0.212. The molecule has 1 aromatic heterocycles. The molecule has 188 valence electrons. The monoisotopic (exact) mass is 508 g/mol. The first-order chi connectivity index (χ1) is 16.6. The van der Waals surface area contributed by atoms with Gasteiger partial charge < -0.3 is 4.90 Å². The fourth-order valence-electron chi connectivity index (χ4n) is 4.64. The third-order valence-corrected chi connectivity index (χ3v) is 7.42. The van der Waals surface area contributed by atoms with Crippen molar-refractivity contribution in [3.8, 4) is 22.5 Å². The molecule has 12 heteroatoms. The molecule has 0 amide bonds. The Labute approximate surface area is 201 Å². The number of benzene rings is 2. The quantitative estimate of drug-likeness (QED) is 0.494. The Hall–Kier alpha value is -2.83. The van der Waals surface area contributed by atoms with Crippen molar-refractivity contribution >= 4 is 10.0 Å². The summed E-state index contributed by atoms with van der Waals surface area (Å²) >= 11 is 0. The smallest absolute Gasteiger partial charge is 0.303 e. The number of aromatic nitrogens is 4. The van der Waals surface area contributed by atoms with Crippen molar-refractivity contribution in [1.29, 1.82) is 0 Å². The maximum atomic E-state index is 13.7. The van der Waals surface area contributed by atoms with Gasteiger partial charge in [-0.15, -0.1) is 10.2 Å². The lowest BCUT2D eigenvalue weighted by atomic mass is 9.88. The van der Waals surface area contributed by atoms with Crippen LogP contribution in [-0.2, 0) is 16.2 Å². The summed E-state index contributed by atoms with van der Waals surface area (Å²) in [6.07, 6.45) is -0.519. The van der Waals surface area contributed by atoms with Crippen LogP contribution in [0.2, 0.25) is 0 Å². The van der Waals surface area contributed by atoms with E-state index >= 15 is 0 Å². The van der Waals surface area contributed by atoms with Crippen LogP contribution in [0.3, 0.4) is 0 Å². The van der Waals surface area contributed by atoms with Crippen molar-refractivity contribution < 1.29 is 21.6 Å². The second-order valence-corrected chi connectivity index (χ2v) is 10.2. The van der Waals surface area contributed by atoms with Gasteiger partial charge in [-0.1, -0.05) is 43.7 Å². The van der Waals surface area contributed by atoms with E-state index in [0.717, 1.165) is 44.1 Å². The zero-order valence-electron chi connectivity index (χ0n) is 19.2. The van der Waals surface area contributed by atoms with Crippen LogP contribution in [0.1, 0.15) is 49.7 Å². The lowest BCUT2D eigenvalue weighted by molar-refractivity contribution is -0.139. The van der Waals surface area contributed by atoms with Crippen LogP contribution >= 0.6 is 0 Å². The summed E-state index contributed by atoms with van der Waals surface area (Å²) in [6.45, 7) is 5.36. The number of primary sulfonamides is 1. The normalized spacial score (nSPS) is 16.0. The molecule has 0 radical (unpaired) electrons. The van der Waals surface area contributed by atoms with Gasteiger partial charge in [0.15, 0.2) is 0 Å². The van der Waals surface area contributed by atoms with E-state index in [4.69, 9.17) is 5.14 Å². The first kappa shape index (κ1) is 25.3. The summed E-state index contributed by atoms with van der Waals surface area (Å²) in [5.41, 5.74) is 0.156. The third-order valence-electron chi connectivity index (χ3n) is 6.43. The first-order valence-electron chi connectivity index (χ1n) is 11.4. The summed E-state index contributed by atoms with van der Waals surface area (Å²) < 4.78 is 65.8. The van der Waals surface area contributed by atoms with Gasteiger partial charge in [-0.05, 0) is 72.8 Å². The van der Waals surface area contributed by atoms with Gasteiger partial charge in [0, 0.05) is 0 Å². The molecule has 1 aliphatic rings. The van der Waals surface area contributed by atoms with E-state index in [-0.39, 0.29) is 17.0 Å². The number of nitrogens with two attached hydrogens (primary N) is 1. The summed E-state index contributed by atoms with van der Waals surface area (Å²) in [4.78, 5) is 1.40. The fraction of sp³-hybridized carbons (Fsp3) is 0.435. The Morgan fingerprint density at radius 1 is 1.11 bits per heavy atom. The van der Waals surface area contributed by atoms with Crippen LogP contribution in [0.25, 0.3) is 22.5 Å². The lowest BCUT2D eigenvalue weighted by Gasteiger charge is -2.32. The molecule has 35 heavy (non-hydrogen) atoms. The van der Waals surface area contributed by atoms with Gasteiger partial charge in [0.25, 0.3) is 0 Å². The molecule has 1 saturated heterocycles. The van der Waals surface area contributed by atoms with E-state index in [0.29, 0.717) is 11.5 Å². The summed E-state index contributed by atoms with van der Waals surface area (Å²) in [6, 6.07) is 9.37. The van der Waals surface area contributed by atoms with Crippen molar-refractivity contribution in [2.45, 2.75) is 49.6 Å². The minimum Gasteiger partial charge on any atom is -0.303 e. The number of aromatic amines is 1. The van der Waals surface area contributed by atoms with E-state index in [1.807, 2.05) is 12.1 Å². The topological polar surface area (TPSA) is 118 Å². The van der Waals surface area contributed by atoms with Gasteiger partial charge in [0.05, 0.1) is 11.1 Å². The lowest BCUT2D eigenvalue weighted by Crippen LogP contribution is -2.33. The van der Waals surface area contributed by atoms with Crippen LogP contribution in [0.5, 0.6) is 0 Å². The molecular formula is C23H27F3N6O2S. The van der Waals surface area contributed by atoms with E-state index in [1.54, 1.807) is 12.1 Å². The standard InChI is InChI=1S/C23H27F3N6O2S/c1-2-3-12-32-13-10-16(11-14-32)15-4-6-17(7-5-15)18-8-9-19(23(24,25)26)21(35(27,33)34)20(18)22-28-30-31-29-22/h4-9,16H,2-3,10-14H2,1H3,(H2,27,33,34)(H,28,29,30,31). The highest BCUT2D eigenvalue weighted by atomic mass is 32.2. The van der Waals surface area contributed by atoms with Crippen molar-refractivity contribution in [2.24, 2.45) is 5.14 Å². The van der Waals surface area contributed by atoms with Gasteiger partial charge >= 0.3 is 6.18 Å². The molecule has 3 N–H and O–H groups in total. The maximum Gasteiger partial charge on any atom is 0.417 e. The maximum absolute atomic E-state index is 13.7. The first-order valence-corrected chi connectivity index (χ1v) is 13.0. The van der Waals surface area contributed by atoms with Crippen LogP contribution in [0.4, 0.5) is 13.2 Å². The van der Waals surface area contributed by atoms with Crippen molar-refractivity contribution in [2.75, 3.05) is 19.6 Å². The zero-order valence-corrected chi connectivity index (χ0v) is 20.0. The van der Waals surface area contributed by atoms with E-state index < -0.39 is 26.7 Å². The van der Waals surface area contributed by atoms with Gasteiger partial charge in [-0.25, -0.2) is 13.6 Å². The van der Waals surface area contributed by atoms with Crippen molar-refractivity contribution in [3.63, 3.8) is 0 Å². The number of unbranched alkanes of at least 4 members (excludes halogenated alkanes) is 1. The number of halogens is 3. The van der Waals surface area contributed by atoms with Gasteiger partial charge in [0.2, 0.25) is 15.8 Å². The molecule has 0 aliphatic carbocycles. The number of nitrogens with one attached hydrogen (secondary N) is 1. The Bertz CT molecular complexity index is 1250. The van der Waals surface area contributed by atoms with Crippen LogP contribution in [0, 0.1) is 0 Å². The number of nitrogens with zero attached hydrogens (tertiary/aromatic N) is 4. The number of rotatable bonds is 7. The van der Waals surface area contributed by atoms with Crippen LogP contribution < -0.4 is 5.14 Å². The number of piperidine rings is 1. The zero-order chi connectivity index (χ0) is 25.2. The molecule has 0 unspecified atom stereocenters. The highest BCUT2D eigenvalue weighted by Crippen LogP contribution is 2.43. The Morgan fingerprint density at radius 2 is 1.80 bits per heavy atom. The largest absolute Gasteiger partial charge is 0.417 e. The molecule has 3 aromatic rings. The molecule has 0 bridgehead atoms. The number of likely N-dealkylation sites (tertiary alicyclic amines) is 1. The Morgan fingerprint density at radius 3 is 2.34 bits per heavy atom. The highest BCUT2D eigenvalue weighted by molar-refractivity contribution is 7.89. The third kappa shape index (κ3) is 5.54. The second-order valence-electron chi connectivity index (χ2n) is 8.73. The predicted molar refractivity (Wildman–Crippen MR) is 125 cm³/mol. The van der Waals surface area contributed by atoms with E-state index in [2.05, 4.69) is 32.4 Å².